The zero-order valence-electron chi connectivity index (χ0n) is 11.3. The molecule has 0 bridgehead atoms. The summed E-state index contributed by atoms with van der Waals surface area (Å²) in [5.41, 5.74) is 5.40. The van der Waals surface area contributed by atoms with Crippen LogP contribution in [0.25, 0.3) is 0 Å². The molecular weight excluding hydrogens is 298 g/mol. The first-order valence-electron chi connectivity index (χ1n) is 6.51. The lowest BCUT2D eigenvalue weighted by Gasteiger charge is -2.22. The third-order valence-electron chi connectivity index (χ3n) is 3.26. The van der Waals surface area contributed by atoms with Gasteiger partial charge in [-0.15, -0.1) is 0 Å². The minimum absolute atomic E-state index is 0.0331. The Labute approximate surface area is 122 Å². The van der Waals surface area contributed by atoms with Gasteiger partial charge in [0.15, 0.2) is 0 Å². The Morgan fingerprint density at radius 3 is 2.62 bits per heavy atom. The van der Waals surface area contributed by atoms with Crippen LogP contribution in [0.15, 0.2) is 29.2 Å². The van der Waals surface area contributed by atoms with Gasteiger partial charge in [-0.25, -0.2) is 8.42 Å². The summed E-state index contributed by atoms with van der Waals surface area (Å²) in [5.74, 6) is 0. The fourth-order valence-electron chi connectivity index (χ4n) is 2.11. The SMILES string of the molecule is NCC1CN(S(=O)(=O)c2ccc([N+](=O)[O-])cc2)CCCO1. The molecule has 0 saturated carbocycles. The maximum absolute atomic E-state index is 12.5. The second kappa shape index (κ2) is 6.48. The van der Waals surface area contributed by atoms with Crippen molar-refractivity contribution >= 4 is 15.7 Å². The number of hydrogen-bond acceptors (Lipinski definition) is 6. The minimum atomic E-state index is -3.70. The van der Waals surface area contributed by atoms with E-state index in [2.05, 4.69) is 0 Å². The van der Waals surface area contributed by atoms with E-state index in [1.807, 2.05) is 0 Å². The smallest absolute Gasteiger partial charge is 0.269 e. The number of ether oxygens (including phenoxy) is 1. The van der Waals surface area contributed by atoms with Crippen molar-refractivity contribution < 1.29 is 18.1 Å². The highest BCUT2D eigenvalue weighted by Gasteiger charge is 2.29. The van der Waals surface area contributed by atoms with Crippen LogP contribution in [0, 0.1) is 10.1 Å². The van der Waals surface area contributed by atoms with E-state index >= 15 is 0 Å². The number of rotatable bonds is 4. The first-order chi connectivity index (χ1) is 9.95. The molecule has 0 aliphatic carbocycles. The van der Waals surface area contributed by atoms with Gasteiger partial charge in [-0.05, 0) is 18.6 Å². The van der Waals surface area contributed by atoms with Crippen LogP contribution in [0.4, 0.5) is 5.69 Å². The third kappa shape index (κ3) is 3.56. The Bertz CT molecular complexity index is 602. The molecule has 0 radical (unpaired) electrons. The zero-order valence-corrected chi connectivity index (χ0v) is 12.2. The molecule has 1 aliphatic rings. The van der Waals surface area contributed by atoms with Gasteiger partial charge in [-0.3, -0.25) is 10.1 Å². The first kappa shape index (κ1) is 15.8. The van der Waals surface area contributed by atoms with Crippen molar-refractivity contribution in [3.05, 3.63) is 34.4 Å². The standard InChI is InChI=1S/C12H17N3O5S/c13-8-11-9-14(6-1-7-20-11)21(18,19)12-4-2-10(3-5-12)15(16)17/h2-5,11H,1,6-9,13H2. The van der Waals surface area contributed by atoms with Gasteiger partial charge < -0.3 is 10.5 Å². The average Bonchev–Trinajstić information content (AvgIpc) is 2.73. The van der Waals surface area contributed by atoms with Gasteiger partial charge >= 0.3 is 0 Å². The first-order valence-corrected chi connectivity index (χ1v) is 7.95. The molecule has 9 heteroatoms. The molecule has 1 unspecified atom stereocenters. The highest BCUT2D eigenvalue weighted by Crippen LogP contribution is 2.21. The third-order valence-corrected chi connectivity index (χ3v) is 5.14. The molecule has 1 atom stereocenters. The van der Waals surface area contributed by atoms with Crippen molar-refractivity contribution in [1.82, 2.24) is 4.31 Å². The van der Waals surface area contributed by atoms with Gasteiger partial charge in [0.05, 0.1) is 15.9 Å². The molecule has 0 spiro atoms. The van der Waals surface area contributed by atoms with E-state index in [-0.39, 0.29) is 29.8 Å². The average molecular weight is 315 g/mol. The van der Waals surface area contributed by atoms with E-state index in [0.717, 1.165) is 0 Å². The number of hydrogen-bond donors (Lipinski definition) is 1. The summed E-state index contributed by atoms with van der Waals surface area (Å²) in [6, 6.07) is 4.86. The van der Waals surface area contributed by atoms with Gasteiger partial charge in [0.1, 0.15) is 0 Å². The quantitative estimate of drug-likeness (QED) is 0.632. The van der Waals surface area contributed by atoms with Crippen LogP contribution in [-0.2, 0) is 14.8 Å². The molecule has 2 rings (SSSR count). The van der Waals surface area contributed by atoms with Crippen molar-refractivity contribution in [3.8, 4) is 0 Å². The largest absolute Gasteiger partial charge is 0.375 e. The number of benzene rings is 1. The maximum atomic E-state index is 12.5. The number of sulfonamides is 1. The van der Waals surface area contributed by atoms with Crippen LogP contribution in [0.1, 0.15) is 6.42 Å². The Kier molecular flexibility index (Phi) is 4.88. The van der Waals surface area contributed by atoms with Crippen LogP contribution < -0.4 is 5.73 Å². The molecule has 1 fully saturated rings. The van der Waals surface area contributed by atoms with Crippen LogP contribution in [0.3, 0.4) is 0 Å². The summed E-state index contributed by atoms with van der Waals surface area (Å²) in [6.07, 6.45) is 0.253. The second-order valence-corrected chi connectivity index (χ2v) is 6.63. The van der Waals surface area contributed by atoms with Gasteiger partial charge in [-0.1, -0.05) is 0 Å². The van der Waals surface area contributed by atoms with E-state index < -0.39 is 14.9 Å². The van der Waals surface area contributed by atoms with Gasteiger partial charge in [0.2, 0.25) is 10.0 Å². The Morgan fingerprint density at radius 2 is 2.05 bits per heavy atom. The van der Waals surface area contributed by atoms with Crippen LogP contribution in [0.5, 0.6) is 0 Å². The van der Waals surface area contributed by atoms with Crippen LogP contribution in [-0.4, -0.2) is 50.0 Å². The van der Waals surface area contributed by atoms with Crippen LogP contribution in [0.2, 0.25) is 0 Å². The topological polar surface area (TPSA) is 116 Å². The summed E-state index contributed by atoms with van der Waals surface area (Å²) in [5, 5.41) is 10.6. The van der Waals surface area contributed by atoms with Gasteiger partial charge in [-0.2, -0.15) is 4.31 Å². The Hall–Kier alpha value is -1.55. The molecule has 21 heavy (non-hydrogen) atoms. The van der Waals surface area contributed by atoms with Crippen molar-refractivity contribution in [2.45, 2.75) is 17.4 Å². The molecule has 0 aromatic heterocycles. The minimum Gasteiger partial charge on any atom is -0.375 e. The number of non-ortho nitro benzene ring substituents is 1. The summed E-state index contributed by atoms with van der Waals surface area (Å²) in [4.78, 5) is 10.1. The van der Waals surface area contributed by atoms with Gasteiger partial charge in [0, 0.05) is 38.4 Å². The number of nitrogens with zero attached hydrogens (tertiary/aromatic N) is 2. The molecule has 1 aliphatic heterocycles. The number of nitro groups is 1. The highest BCUT2D eigenvalue weighted by molar-refractivity contribution is 7.89. The molecule has 2 N–H and O–H groups in total. The van der Waals surface area contributed by atoms with Crippen molar-refractivity contribution in [1.29, 1.82) is 0 Å². The predicted octanol–water partition coefficient (Wildman–Crippen LogP) is 0.333. The van der Waals surface area contributed by atoms with E-state index in [0.29, 0.717) is 19.6 Å². The van der Waals surface area contributed by atoms with E-state index in [1.165, 1.54) is 28.6 Å². The lowest BCUT2D eigenvalue weighted by molar-refractivity contribution is -0.384. The monoisotopic (exact) mass is 315 g/mol. The predicted molar refractivity (Wildman–Crippen MR) is 75.3 cm³/mol. The van der Waals surface area contributed by atoms with Crippen molar-refractivity contribution in [2.24, 2.45) is 5.73 Å². The molecule has 0 amide bonds. The molecule has 1 saturated heterocycles. The normalized spacial score (nSPS) is 20.9. The van der Waals surface area contributed by atoms with Crippen molar-refractivity contribution in [3.63, 3.8) is 0 Å². The summed E-state index contributed by atoms with van der Waals surface area (Å²) >= 11 is 0. The summed E-state index contributed by atoms with van der Waals surface area (Å²) in [7, 11) is -3.70. The number of nitrogens with two attached hydrogens (primary N) is 1. The Balaban J connectivity index is 2.25. The molecular formula is C12H17N3O5S. The van der Waals surface area contributed by atoms with E-state index in [1.54, 1.807) is 0 Å². The summed E-state index contributed by atoms with van der Waals surface area (Å²) in [6.45, 7) is 1.24. The Morgan fingerprint density at radius 1 is 1.38 bits per heavy atom. The molecule has 1 heterocycles. The lowest BCUT2D eigenvalue weighted by Crippen LogP contribution is -2.39. The number of nitro benzene ring substituents is 1. The van der Waals surface area contributed by atoms with E-state index in [9.17, 15) is 18.5 Å². The fourth-order valence-corrected chi connectivity index (χ4v) is 3.62. The fraction of sp³-hybridized carbons (Fsp3) is 0.500. The van der Waals surface area contributed by atoms with Gasteiger partial charge in [0.25, 0.3) is 5.69 Å². The zero-order chi connectivity index (χ0) is 15.5. The molecule has 1 aromatic carbocycles. The lowest BCUT2D eigenvalue weighted by atomic mass is 10.3. The molecule has 1 aromatic rings. The summed E-state index contributed by atoms with van der Waals surface area (Å²) < 4.78 is 31.8. The van der Waals surface area contributed by atoms with E-state index in [4.69, 9.17) is 10.5 Å². The van der Waals surface area contributed by atoms with Crippen LogP contribution >= 0.6 is 0 Å². The maximum Gasteiger partial charge on any atom is 0.269 e. The van der Waals surface area contributed by atoms with Crippen molar-refractivity contribution in [2.75, 3.05) is 26.2 Å². The highest BCUT2D eigenvalue weighted by atomic mass is 32.2. The molecule has 8 nitrogen and oxygen atoms in total. The second-order valence-electron chi connectivity index (χ2n) is 4.70. The molecule has 116 valence electrons.